The highest BCUT2D eigenvalue weighted by Gasteiger charge is 2.07. The summed E-state index contributed by atoms with van der Waals surface area (Å²) in [4.78, 5) is 4.15. The minimum Gasteiger partial charge on any atom is -0.497 e. The van der Waals surface area contributed by atoms with Gasteiger partial charge >= 0.3 is 0 Å². The summed E-state index contributed by atoms with van der Waals surface area (Å²) in [6.45, 7) is 2.84. The van der Waals surface area contributed by atoms with Crippen LogP contribution in [0.4, 0.5) is 0 Å². The Labute approximate surface area is 123 Å². The molecule has 1 unspecified atom stereocenters. The first-order valence-electron chi connectivity index (χ1n) is 6.91. The SMILES string of the molecule is COc1ccc2cc(CNC(C)c3ncn[nH]3)ccc2c1. The quantitative estimate of drug-likeness (QED) is 0.755. The number of aromatic nitrogens is 3. The van der Waals surface area contributed by atoms with Crippen molar-refractivity contribution in [3.05, 3.63) is 54.1 Å². The lowest BCUT2D eigenvalue weighted by atomic mass is 10.1. The standard InChI is InChI=1S/C16H18N4O/c1-11(16-18-10-19-20-16)17-9-12-3-4-14-8-15(21-2)6-5-13(14)7-12/h3-8,10-11,17H,9H2,1-2H3,(H,18,19,20). The van der Waals surface area contributed by atoms with E-state index in [9.17, 15) is 0 Å². The molecule has 0 radical (unpaired) electrons. The van der Waals surface area contributed by atoms with Gasteiger partial charge in [0, 0.05) is 6.54 Å². The number of fused-ring (bicyclic) bond motifs is 1. The minimum absolute atomic E-state index is 0.138. The number of benzene rings is 2. The number of ether oxygens (including phenoxy) is 1. The van der Waals surface area contributed by atoms with Gasteiger partial charge in [0.15, 0.2) is 0 Å². The van der Waals surface area contributed by atoms with Gasteiger partial charge in [-0.05, 0) is 41.5 Å². The van der Waals surface area contributed by atoms with Crippen molar-refractivity contribution in [2.24, 2.45) is 0 Å². The second-order valence-corrected chi connectivity index (χ2v) is 5.02. The predicted molar refractivity (Wildman–Crippen MR) is 82.1 cm³/mol. The number of aromatic amines is 1. The van der Waals surface area contributed by atoms with E-state index in [4.69, 9.17) is 4.74 Å². The summed E-state index contributed by atoms with van der Waals surface area (Å²) in [7, 11) is 1.68. The van der Waals surface area contributed by atoms with Crippen LogP contribution < -0.4 is 10.1 Å². The van der Waals surface area contributed by atoms with Gasteiger partial charge in [0.25, 0.3) is 0 Å². The smallest absolute Gasteiger partial charge is 0.141 e. The molecule has 21 heavy (non-hydrogen) atoms. The Hall–Kier alpha value is -2.40. The van der Waals surface area contributed by atoms with Crippen molar-refractivity contribution in [1.82, 2.24) is 20.5 Å². The van der Waals surface area contributed by atoms with Gasteiger partial charge in [-0.3, -0.25) is 5.10 Å². The molecule has 0 saturated carbocycles. The number of nitrogens with zero attached hydrogens (tertiary/aromatic N) is 2. The lowest BCUT2D eigenvalue weighted by molar-refractivity contribution is 0.415. The molecule has 0 spiro atoms. The Morgan fingerprint density at radius 2 is 2.00 bits per heavy atom. The molecule has 2 aromatic carbocycles. The van der Waals surface area contributed by atoms with Crippen LogP contribution in [0.5, 0.6) is 5.75 Å². The lowest BCUT2D eigenvalue weighted by Crippen LogP contribution is -2.19. The van der Waals surface area contributed by atoms with Gasteiger partial charge in [0.05, 0.1) is 13.2 Å². The van der Waals surface area contributed by atoms with Crippen molar-refractivity contribution in [1.29, 1.82) is 0 Å². The monoisotopic (exact) mass is 282 g/mol. The van der Waals surface area contributed by atoms with Crippen molar-refractivity contribution in [2.75, 3.05) is 7.11 Å². The van der Waals surface area contributed by atoms with Crippen LogP contribution in [0, 0.1) is 0 Å². The van der Waals surface area contributed by atoms with Crippen LogP contribution in [0.2, 0.25) is 0 Å². The van der Waals surface area contributed by atoms with Crippen LogP contribution in [0.1, 0.15) is 24.4 Å². The zero-order chi connectivity index (χ0) is 14.7. The Kier molecular flexibility index (Phi) is 3.83. The first-order chi connectivity index (χ1) is 10.3. The van der Waals surface area contributed by atoms with Crippen molar-refractivity contribution in [3.63, 3.8) is 0 Å². The molecule has 2 N–H and O–H groups in total. The largest absolute Gasteiger partial charge is 0.497 e. The van der Waals surface area contributed by atoms with Gasteiger partial charge in [-0.1, -0.05) is 18.2 Å². The summed E-state index contributed by atoms with van der Waals surface area (Å²) in [5.74, 6) is 1.73. The summed E-state index contributed by atoms with van der Waals surface area (Å²) >= 11 is 0. The number of nitrogens with one attached hydrogen (secondary N) is 2. The zero-order valence-electron chi connectivity index (χ0n) is 12.1. The third-order valence-corrected chi connectivity index (χ3v) is 3.57. The third kappa shape index (κ3) is 3.03. The molecule has 0 aliphatic heterocycles. The number of hydrogen-bond acceptors (Lipinski definition) is 4. The summed E-state index contributed by atoms with van der Waals surface area (Å²) in [6, 6.07) is 12.7. The van der Waals surface area contributed by atoms with Gasteiger partial charge in [0.2, 0.25) is 0 Å². The van der Waals surface area contributed by atoms with E-state index in [2.05, 4.69) is 51.7 Å². The Balaban J connectivity index is 1.72. The molecule has 3 rings (SSSR count). The van der Waals surface area contributed by atoms with Crippen LogP contribution in [0.3, 0.4) is 0 Å². The highest BCUT2D eigenvalue weighted by atomic mass is 16.5. The van der Waals surface area contributed by atoms with Crippen molar-refractivity contribution in [3.8, 4) is 5.75 Å². The summed E-state index contributed by atoms with van der Waals surface area (Å²) in [5, 5.41) is 12.6. The number of rotatable bonds is 5. The fourth-order valence-electron chi connectivity index (χ4n) is 2.30. The van der Waals surface area contributed by atoms with Crippen LogP contribution in [-0.2, 0) is 6.54 Å². The Morgan fingerprint density at radius 1 is 1.19 bits per heavy atom. The molecule has 0 bridgehead atoms. The van der Waals surface area contributed by atoms with E-state index in [0.29, 0.717) is 0 Å². The molecule has 108 valence electrons. The number of H-pyrrole nitrogens is 1. The highest BCUT2D eigenvalue weighted by Crippen LogP contribution is 2.22. The first kappa shape index (κ1) is 13.6. The van der Waals surface area contributed by atoms with Crippen LogP contribution in [0.15, 0.2) is 42.7 Å². The van der Waals surface area contributed by atoms with Crippen molar-refractivity contribution in [2.45, 2.75) is 19.5 Å². The normalized spacial score (nSPS) is 12.5. The highest BCUT2D eigenvalue weighted by molar-refractivity contribution is 5.84. The van der Waals surface area contributed by atoms with Crippen LogP contribution >= 0.6 is 0 Å². The molecule has 5 nitrogen and oxygen atoms in total. The second kappa shape index (κ2) is 5.93. The molecule has 0 saturated heterocycles. The van der Waals surface area contributed by atoms with Gasteiger partial charge in [-0.25, -0.2) is 4.98 Å². The fourth-order valence-corrected chi connectivity index (χ4v) is 2.30. The molecule has 3 aromatic rings. The molecule has 0 fully saturated rings. The van der Waals surface area contributed by atoms with E-state index in [0.717, 1.165) is 18.1 Å². The third-order valence-electron chi connectivity index (χ3n) is 3.57. The van der Waals surface area contributed by atoms with Gasteiger partial charge < -0.3 is 10.1 Å². The van der Waals surface area contributed by atoms with Gasteiger partial charge in [0.1, 0.15) is 17.9 Å². The second-order valence-electron chi connectivity index (χ2n) is 5.02. The number of methoxy groups -OCH3 is 1. The Morgan fingerprint density at radius 3 is 2.76 bits per heavy atom. The number of hydrogen-bond donors (Lipinski definition) is 2. The molecular formula is C16H18N4O. The molecule has 1 heterocycles. The summed E-state index contributed by atoms with van der Waals surface area (Å²) in [5.41, 5.74) is 1.24. The van der Waals surface area contributed by atoms with E-state index >= 15 is 0 Å². The average molecular weight is 282 g/mol. The van der Waals surface area contributed by atoms with Crippen LogP contribution in [-0.4, -0.2) is 22.3 Å². The molecule has 0 aliphatic carbocycles. The molecule has 0 amide bonds. The van der Waals surface area contributed by atoms with E-state index in [-0.39, 0.29) is 6.04 Å². The molecule has 0 aliphatic rings. The first-order valence-corrected chi connectivity index (χ1v) is 6.91. The van der Waals surface area contributed by atoms with Crippen molar-refractivity contribution >= 4 is 10.8 Å². The molecule has 1 atom stereocenters. The summed E-state index contributed by atoms with van der Waals surface area (Å²) < 4.78 is 5.24. The van der Waals surface area contributed by atoms with Crippen molar-refractivity contribution < 1.29 is 4.74 Å². The molecular weight excluding hydrogens is 264 g/mol. The van der Waals surface area contributed by atoms with E-state index < -0.39 is 0 Å². The maximum atomic E-state index is 5.24. The maximum absolute atomic E-state index is 5.24. The van der Waals surface area contributed by atoms with E-state index in [1.54, 1.807) is 7.11 Å². The molecule has 5 heteroatoms. The molecule has 1 aromatic heterocycles. The minimum atomic E-state index is 0.138. The fraction of sp³-hybridized carbons (Fsp3) is 0.250. The van der Waals surface area contributed by atoms with E-state index in [1.807, 2.05) is 12.1 Å². The van der Waals surface area contributed by atoms with Gasteiger partial charge in [-0.15, -0.1) is 0 Å². The summed E-state index contributed by atoms with van der Waals surface area (Å²) in [6.07, 6.45) is 1.52. The average Bonchev–Trinajstić information content (AvgIpc) is 3.06. The maximum Gasteiger partial charge on any atom is 0.141 e. The zero-order valence-corrected chi connectivity index (χ0v) is 12.1. The van der Waals surface area contributed by atoms with E-state index in [1.165, 1.54) is 22.7 Å². The Bertz CT molecular complexity index is 724. The topological polar surface area (TPSA) is 62.8 Å². The lowest BCUT2D eigenvalue weighted by Gasteiger charge is -2.11. The van der Waals surface area contributed by atoms with Crippen LogP contribution in [0.25, 0.3) is 10.8 Å². The predicted octanol–water partition coefficient (Wildman–Crippen LogP) is 2.82. The van der Waals surface area contributed by atoms with Gasteiger partial charge in [-0.2, -0.15) is 5.10 Å².